The number of nitrogens with zero attached hydrogens (tertiary/aromatic N) is 4. The van der Waals surface area contributed by atoms with E-state index in [2.05, 4.69) is 39.8 Å². The van der Waals surface area contributed by atoms with Crippen molar-refractivity contribution in [3.63, 3.8) is 0 Å². The molecule has 2 heterocycles. The maximum atomic E-state index is 12.4. The summed E-state index contributed by atoms with van der Waals surface area (Å²) >= 11 is 0. The molecule has 0 aromatic rings. The van der Waals surface area contributed by atoms with Crippen molar-refractivity contribution in [1.82, 2.24) is 15.4 Å². The molecule has 0 saturated heterocycles. The van der Waals surface area contributed by atoms with Crippen molar-refractivity contribution in [2.45, 2.75) is 103 Å². The molecule has 2 aliphatic heterocycles. The average Bonchev–Trinajstić information content (AvgIpc) is 3.32. The minimum Gasteiger partial charge on any atom is -0.382 e. The van der Waals surface area contributed by atoms with Crippen molar-refractivity contribution in [3.8, 4) is 0 Å². The van der Waals surface area contributed by atoms with E-state index in [9.17, 15) is 8.42 Å². The molecule has 1 N–H and O–H groups in total. The highest BCUT2D eigenvalue weighted by Crippen LogP contribution is 2.22. The van der Waals surface area contributed by atoms with Gasteiger partial charge in [0, 0.05) is 12.7 Å². The van der Waals surface area contributed by atoms with Crippen LogP contribution in [0.2, 0.25) is 0 Å². The van der Waals surface area contributed by atoms with Gasteiger partial charge in [-0.2, -0.15) is 14.0 Å². The SMILES string of the molecule is CCCCCCCCC=CCCCCCCCCN(C)CCS(=O)(=O)OC1=CC=CN2NN=NC12. The number of hydrogen-bond acceptors (Lipinski definition) is 8. The van der Waals surface area contributed by atoms with Crippen LogP contribution in [0.25, 0.3) is 0 Å². The zero-order chi connectivity index (χ0) is 25.2. The first-order valence-corrected chi connectivity index (χ1v) is 15.2. The van der Waals surface area contributed by atoms with Gasteiger partial charge in [-0.1, -0.05) is 82.1 Å². The highest BCUT2D eigenvalue weighted by molar-refractivity contribution is 7.86. The number of nitrogens with one attached hydrogen (secondary N) is 1. The summed E-state index contributed by atoms with van der Waals surface area (Å²) in [5.41, 5.74) is 2.67. The second-order valence-electron chi connectivity index (χ2n) is 9.59. The lowest BCUT2D eigenvalue weighted by Gasteiger charge is -2.23. The van der Waals surface area contributed by atoms with Gasteiger partial charge < -0.3 is 9.08 Å². The second-order valence-corrected chi connectivity index (χ2v) is 11.3. The molecular weight excluding hydrogens is 462 g/mol. The topological polar surface area (TPSA) is 86.6 Å². The van der Waals surface area contributed by atoms with Gasteiger partial charge in [0.1, 0.15) is 0 Å². The molecule has 2 rings (SSSR count). The Bertz CT molecular complexity index is 795. The van der Waals surface area contributed by atoms with E-state index in [0.717, 1.165) is 13.0 Å². The predicted octanol–water partition coefficient (Wildman–Crippen LogP) is 6.23. The Kier molecular flexibility index (Phi) is 14.7. The summed E-state index contributed by atoms with van der Waals surface area (Å²) in [6.07, 6.45) is 27.3. The summed E-state index contributed by atoms with van der Waals surface area (Å²) in [5.74, 6) is 0.214. The van der Waals surface area contributed by atoms with E-state index in [4.69, 9.17) is 4.18 Å². The minimum absolute atomic E-state index is 0.0474. The molecule has 0 amide bonds. The molecule has 1 atom stereocenters. The number of fused-ring (bicyclic) bond motifs is 1. The van der Waals surface area contributed by atoms with Crippen LogP contribution in [0.15, 0.2) is 46.6 Å². The van der Waals surface area contributed by atoms with E-state index in [0.29, 0.717) is 6.54 Å². The van der Waals surface area contributed by atoms with E-state index in [1.54, 1.807) is 23.4 Å². The van der Waals surface area contributed by atoms with Crippen LogP contribution in [-0.4, -0.2) is 50.4 Å². The van der Waals surface area contributed by atoms with Crippen molar-refractivity contribution in [3.05, 3.63) is 36.3 Å². The molecule has 9 heteroatoms. The zero-order valence-corrected chi connectivity index (χ0v) is 22.7. The van der Waals surface area contributed by atoms with Gasteiger partial charge in [0.05, 0.1) is 5.75 Å². The van der Waals surface area contributed by atoms with Crippen LogP contribution in [0.3, 0.4) is 0 Å². The van der Waals surface area contributed by atoms with Gasteiger partial charge in [-0.15, -0.1) is 5.11 Å². The summed E-state index contributed by atoms with van der Waals surface area (Å²) in [4.78, 5) is 2.06. The lowest BCUT2D eigenvalue weighted by Crippen LogP contribution is -2.37. The van der Waals surface area contributed by atoms with Gasteiger partial charge in [0.2, 0.25) is 6.17 Å². The van der Waals surface area contributed by atoms with E-state index in [1.165, 1.54) is 83.5 Å². The fourth-order valence-electron chi connectivity index (χ4n) is 4.14. The minimum atomic E-state index is -3.68. The monoisotopic (exact) mass is 509 g/mol. The highest BCUT2D eigenvalue weighted by Gasteiger charge is 2.30. The van der Waals surface area contributed by atoms with E-state index in [-0.39, 0.29) is 11.5 Å². The first kappa shape index (κ1) is 29.4. The van der Waals surface area contributed by atoms with Crippen molar-refractivity contribution >= 4 is 10.1 Å². The van der Waals surface area contributed by atoms with Gasteiger partial charge in [0.25, 0.3) is 0 Å². The summed E-state index contributed by atoms with van der Waals surface area (Å²) in [5, 5.41) is 9.23. The summed E-state index contributed by atoms with van der Waals surface area (Å²) in [6, 6.07) is 0. The Balaban J connectivity index is 1.41. The van der Waals surface area contributed by atoms with Crippen LogP contribution in [0.4, 0.5) is 0 Å². The third-order valence-corrected chi connectivity index (χ3v) is 7.48. The third kappa shape index (κ3) is 13.1. The van der Waals surface area contributed by atoms with Crippen molar-refractivity contribution in [2.24, 2.45) is 10.3 Å². The fourth-order valence-corrected chi connectivity index (χ4v) is 5.19. The smallest absolute Gasteiger partial charge is 0.310 e. The van der Waals surface area contributed by atoms with E-state index < -0.39 is 16.3 Å². The molecule has 2 aliphatic rings. The highest BCUT2D eigenvalue weighted by atomic mass is 32.2. The molecule has 0 spiro atoms. The average molecular weight is 510 g/mol. The molecule has 0 aromatic carbocycles. The maximum Gasteiger partial charge on any atom is 0.310 e. The standard InChI is InChI=1S/C26H47N5O3S/c1-3-4-5-6-7-8-9-10-11-12-13-14-15-16-17-18-21-30(2)23-24-35(32,33)34-25-20-19-22-31-26(25)27-28-29-31/h10-11,19-20,22,26H,3-9,12-18,21,23-24H2,1-2H3,(H,27,29). The molecular formula is C26H47N5O3S. The van der Waals surface area contributed by atoms with Gasteiger partial charge in [-0.05, 0) is 57.8 Å². The quantitative estimate of drug-likeness (QED) is 0.112. The van der Waals surface area contributed by atoms with Crippen molar-refractivity contribution < 1.29 is 12.6 Å². The lowest BCUT2D eigenvalue weighted by molar-refractivity contribution is 0.227. The van der Waals surface area contributed by atoms with Crippen LogP contribution in [-0.2, 0) is 14.3 Å². The number of rotatable bonds is 21. The van der Waals surface area contributed by atoms with Crippen molar-refractivity contribution in [2.75, 3.05) is 25.9 Å². The molecule has 0 bridgehead atoms. The maximum absolute atomic E-state index is 12.4. The van der Waals surface area contributed by atoms with Gasteiger partial charge in [-0.25, -0.2) is 5.01 Å². The number of allylic oxidation sites excluding steroid dienone is 4. The zero-order valence-electron chi connectivity index (χ0n) is 21.9. The molecule has 0 fully saturated rings. The molecule has 0 radical (unpaired) electrons. The summed E-state index contributed by atoms with van der Waals surface area (Å²) in [7, 11) is -1.72. The first-order valence-electron chi connectivity index (χ1n) is 13.6. The van der Waals surface area contributed by atoms with Crippen LogP contribution < -0.4 is 5.53 Å². The van der Waals surface area contributed by atoms with E-state index >= 15 is 0 Å². The van der Waals surface area contributed by atoms with Crippen molar-refractivity contribution in [1.29, 1.82) is 0 Å². The third-order valence-electron chi connectivity index (χ3n) is 6.35. The Hall–Kier alpha value is -1.87. The molecule has 35 heavy (non-hydrogen) atoms. The second kappa shape index (κ2) is 17.5. The Morgan fingerprint density at radius 3 is 2.29 bits per heavy atom. The van der Waals surface area contributed by atoms with Crippen LogP contribution in [0.5, 0.6) is 0 Å². The first-order chi connectivity index (χ1) is 17.0. The number of hydrazine groups is 1. The van der Waals surface area contributed by atoms with Crippen LogP contribution in [0, 0.1) is 0 Å². The fraction of sp³-hybridized carbons (Fsp3) is 0.769. The lowest BCUT2D eigenvalue weighted by atomic mass is 10.1. The van der Waals surface area contributed by atoms with Crippen LogP contribution >= 0.6 is 0 Å². The Labute approximate surface area is 213 Å². The largest absolute Gasteiger partial charge is 0.382 e. The van der Waals surface area contributed by atoms with Gasteiger partial charge >= 0.3 is 10.1 Å². The molecule has 0 aliphatic carbocycles. The Morgan fingerprint density at radius 1 is 0.971 bits per heavy atom. The number of unbranched alkanes of at least 4 members (excludes halogenated alkanes) is 12. The molecule has 8 nitrogen and oxygen atoms in total. The number of hydrogen-bond donors (Lipinski definition) is 1. The van der Waals surface area contributed by atoms with E-state index in [1.807, 2.05) is 7.05 Å². The molecule has 0 saturated carbocycles. The summed E-state index contributed by atoms with van der Waals surface area (Å²) in [6.45, 7) is 3.61. The predicted molar refractivity (Wildman–Crippen MR) is 143 cm³/mol. The Morgan fingerprint density at radius 2 is 1.60 bits per heavy atom. The van der Waals surface area contributed by atoms with Gasteiger partial charge in [0.15, 0.2) is 5.76 Å². The van der Waals surface area contributed by atoms with Crippen LogP contribution in [0.1, 0.15) is 96.8 Å². The summed E-state index contributed by atoms with van der Waals surface area (Å²) < 4.78 is 30.1. The normalized spacial score (nSPS) is 17.3. The molecule has 200 valence electrons. The molecule has 1 unspecified atom stereocenters. The van der Waals surface area contributed by atoms with Gasteiger partial charge in [-0.3, -0.25) is 0 Å². The molecule has 0 aromatic heterocycles.